The van der Waals surface area contributed by atoms with Crippen molar-refractivity contribution >= 4 is 17.3 Å². The van der Waals surface area contributed by atoms with Gasteiger partial charge in [-0.05, 0) is 18.1 Å². The van der Waals surface area contributed by atoms with E-state index in [9.17, 15) is 4.79 Å². The van der Waals surface area contributed by atoms with E-state index in [0.29, 0.717) is 9.88 Å². The molecule has 0 unspecified atom stereocenters. The van der Waals surface area contributed by atoms with Crippen LogP contribution in [-0.2, 0) is 6.54 Å². The van der Waals surface area contributed by atoms with Gasteiger partial charge in [-0.3, -0.25) is 0 Å². The predicted molar refractivity (Wildman–Crippen MR) is 67.1 cm³/mol. The molecule has 0 saturated heterocycles. The summed E-state index contributed by atoms with van der Waals surface area (Å²) in [6.45, 7) is 2.21. The molecular weight excluding hydrogens is 236 g/mol. The number of aromatic carboxylic acids is 1. The molecule has 0 saturated carbocycles. The first-order chi connectivity index (χ1) is 8.13. The van der Waals surface area contributed by atoms with Gasteiger partial charge in [-0.25, -0.2) is 9.78 Å². The Morgan fingerprint density at radius 1 is 1.47 bits per heavy atom. The highest BCUT2D eigenvalue weighted by Crippen LogP contribution is 2.32. The minimum atomic E-state index is -1.01. The fraction of sp³-hybridized carbons (Fsp3) is 0.167. The molecule has 0 aliphatic carbocycles. The molecule has 88 valence electrons. The number of hydrogen-bond acceptors (Lipinski definition) is 4. The first-order valence-corrected chi connectivity index (χ1v) is 5.94. The monoisotopic (exact) mass is 248 g/mol. The lowest BCUT2D eigenvalue weighted by Crippen LogP contribution is -2.01. The van der Waals surface area contributed by atoms with Gasteiger partial charge in [0.2, 0.25) is 0 Å². The highest BCUT2D eigenvalue weighted by molar-refractivity contribution is 7.15. The van der Waals surface area contributed by atoms with Crippen LogP contribution in [0.25, 0.3) is 10.4 Å². The Morgan fingerprint density at radius 3 is 2.76 bits per heavy atom. The molecular formula is C12H12N2O2S. The summed E-state index contributed by atoms with van der Waals surface area (Å²) in [6.07, 6.45) is 0. The van der Waals surface area contributed by atoms with Crippen molar-refractivity contribution in [3.63, 3.8) is 0 Å². The van der Waals surface area contributed by atoms with Crippen LogP contribution in [0.2, 0.25) is 0 Å². The summed E-state index contributed by atoms with van der Waals surface area (Å²) in [5.41, 5.74) is 7.53. The van der Waals surface area contributed by atoms with E-state index in [2.05, 4.69) is 4.98 Å². The number of rotatable bonds is 3. The number of carbonyl (C=O) groups is 1. The van der Waals surface area contributed by atoms with Crippen LogP contribution in [0.1, 0.15) is 21.1 Å². The van der Waals surface area contributed by atoms with Crippen LogP contribution >= 0.6 is 11.3 Å². The van der Waals surface area contributed by atoms with E-state index in [0.717, 1.165) is 11.1 Å². The molecule has 2 rings (SSSR count). The molecule has 0 radical (unpaired) electrons. The predicted octanol–water partition coefficient (Wildman–Crippen LogP) is 2.28. The van der Waals surface area contributed by atoms with E-state index < -0.39 is 5.97 Å². The standard InChI is InChI=1S/C12H12N2O2S/c1-7-4-2-3-5-8(7)11-10(12(15)16)14-9(6-13)17-11/h2-5H,6,13H2,1H3,(H,15,16). The maximum absolute atomic E-state index is 11.1. The van der Waals surface area contributed by atoms with E-state index in [1.165, 1.54) is 11.3 Å². The molecule has 1 aromatic carbocycles. The van der Waals surface area contributed by atoms with E-state index in [1.54, 1.807) is 0 Å². The van der Waals surface area contributed by atoms with Crippen LogP contribution in [0.4, 0.5) is 0 Å². The van der Waals surface area contributed by atoms with Gasteiger partial charge in [-0.15, -0.1) is 11.3 Å². The van der Waals surface area contributed by atoms with Crippen molar-refractivity contribution in [1.82, 2.24) is 4.98 Å². The Morgan fingerprint density at radius 2 is 2.18 bits per heavy atom. The molecule has 5 heteroatoms. The number of nitrogens with zero attached hydrogens (tertiary/aromatic N) is 1. The molecule has 0 spiro atoms. The lowest BCUT2D eigenvalue weighted by atomic mass is 10.1. The molecule has 2 aromatic rings. The van der Waals surface area contributed by atoms with Crippen LogP contribution in [0.5, 0.6) is 0 Å². The minimum absolute atomic E-state index is 0.0877. The number of aromatic nitrogens is 1. The fourth-order valence-corrected chi connectivity index (χ4v) is 2.63. The largest absolute Gasteiger partial charge is 0.476 e. The number of carboxylic acids is 1. The quantitative estimate of drug-likeness (QED) is 0.873. The van der Waals surface area contributed by atoms with Gasteiger partial charge in [0.05, 0.1) is 4.88 Å². The average molecular weight is 248 g/mol. The molecule has 0 aliphatic rings. The topological polar surface area (TPSA) is 76.2 Å². The molecule has 0 bridgehead atoms. The lowest BCUT2D eigenvalue weighted by Gasteiger charge is -2.02. The smallest absolute Gasteiger partial charge is 0.356 e. The third-order valence-corrected chi connectivity index (χ3v) is 3.55. The van der Waals surface area contributed by atoms with Crippen LogP contribution in [0.15, 0.2) is 24.3 Å². The summed E-state index contributed by atoms with van der Waals surface area (Å²) >= 11 is 1.34. The second-order valence-corrected chi connectivity index (χ2v) is 4.69. The number of hydrogen-bond donors (Lipinski definition) is 2. The zero-order valence-electron chi connectivity index (χ0n) is 9.30. The molecule has 0 atom stereocenters. The summed E-state index contributed by atoms with van der Waals surface area (Å²) in [6, 6.07) is 7.65. The Hall–Kier alpha value is -1.72. The van der Waals surface area contributed by atoms with Gasteiger partial charge in [-0.2, -0.15) is 0 Å². The first kappa shape index (κ1) is 11.8. The van der Waals surface area contributed by atoms with Crippen molar-refractivity contribution in [2.45, 2.75) is 13.5 Å². The summed E-state index contributed by atoms with van der Waals surface area (Å²) in [5, 5.41) is 9.77. The van der Waals surface area contributed by atoms with Crippen LogP contribution in [-0.4, -0.2) is 16.1 Å². The van der Waals surface area contributed by atoms with Crippen LogP contribution < -0.4 is 5.73 Å². The van der Waals surface area contributed by atoms with E-state index in [4.69, 9.17) is 10.8 Å². The summed E-state index contributed by atoms with van der Waals surface area (Å²) in [4.78, 5) is 15.9. The molecule has 0 aliphatic heterocycles. The molecule has 0 amide bonds. The molecule has 17 heavy (non-hydrogen) atoms. The Labute approximate surface area is 103 Å². The molecule has 1 aromatic heterocycles. The number of nitrogens with two attached hydrogens (primary N) is 1. The Kier molecular flexibility index (Phi) is 3.21. The number of benzene rings is 1. The van der Waals surface area contributed by atoms with Crippen molar-refractivity contribution in [1.29, 1.82) is 0 Å². The van der Waals surface area contributed by atoms with E-state index >= 15 is 0 Å². The average Bonchev–Trinajstić information content (AvgIpc) is 2.73. The highest BCUT2D eigenvalue weighted by Gasteiger charge is 2.19. The van der Waals surface area contributed by atoms with Gasteiger partial charge >= 0.3 is 5.97 Å². The third kappa shape index (κ3) is 2.20. The van der Waals surface area contributed by atoms with Gasteiger partial charge in [0.25, 0.3) is 0 Å². The molecule has 0 fully saturated rings. The SMILES string of the molecule is Cc1ccccc1-c1sc(CN)nc1C(=O)O. The van der Waals surface area contributed by atoms with E-state index in [1.807, 2.05) is 31.2 Å². The van der Waals surface area contributed by atoms with Gasteiger partial charge < -0.3 is 10.8 Å². The van der Waals surface area contributed by atoms with Gasteiger partial charge in [-0.1, -0.05) is 24.3 Å². The third-order valence-electron chi connectivity index (χ3n) is 2.44. The van der Waals surface area contributed by atoms with Crippen LogP contribution in [0.3, 0.4) is 0 Å². The van der Waals surface area contributed by atoms with Crippen molar-refractivity contribution in [3.8, 4) is 10.4 Å². The molecule has 3 N–H and O–H groups in total. The number of thiazole rings is 1. The zero-order valence-corrected chi connectivity index (χ0v) is 10.1. The maximum atomic E-state index is 11.1. The first-order valence-electron chi connectivity index (χ1n) is 5.12. The second kappa shape index (κ2) is 4.65. The van der Waals surface area contributed by atoms with Gasteiger partial charge in [0.15, 0.2) is 5.69 Å². The van der Waals surface area contributed by atoms with Crippen molar-refractivity contribution in [2.75, 3.05) is 0 Å². The second-order valence-electron chi connectivity index (χ2n) is 3.61. The normalized spacial score (nSPS) is 10.5. The highest BCUT2D eigenvalue weighted by atomic mass is 32.1. The van der Waals surface area contributed by atoms with E-state index in [-0.39, 0.29) is 12.2 Å². The lowest BCUT2D eigenvalue weighted by molar-refractivity contribution is 0.0692. The van der Waals surface area contributed by atoms with Gasteiger partial charge in [0.1, 0.15) is 5.01 Å². The van der Waals surface area contributed by atoms with Crippen molar-refractivity contribution in [3.05, 3.63) is 40.5 Å². The maximum Gasteiger partial charge on any atom is 0.356 e. The van der Waals surface area contributed by atoms with Crippen LogP contribution in [0, 0.1) is 6.92 Å². The zero-order chi connectivity index (χ0) is 12.4. The Bertz CT molecular complexity index is 563. The van der Waals surface area contributed by atoms with Crippen molar-refractivity contribution < 1.29 is 9.90 Å². The molecule has 4 nitrogen and oxygen atoms in total. The van der Waals surface area contributed by atoms with Crippen molar-refractivity contribution in [2.24, 2.45) is 5.73 Å². The number of aryl methyl sites for hydroxylation is 1. The summed E-state index contributed by atoms with van der Waals surface area (Å²) in [5.74, 6) is -1.01. The Balaban J connectivity index is 2.62. The summed E-state index contributed by atoms with van der Waals surface area (Å²) < 4.78 is 0. The minimum Gasteiger partial charge on any atom is -0.476 e. The van der Waals surface area contributed by atoms with Gasteiger partial charge in [0, 0.05) is 6.54 Å². The number of carboxylic acid groups (broad SMARTS) is 1. The fourth-order valence-electron chi connectivity index (χ4n) is 1.61. The molecule has 1 heterocycles. The summed E-state index contributed by atoms with van der Waals surface area (Å²) in [7, 11) is 0.